The highest BCUT2D eigenvalue weighted by Gasteiger charge is 2.16. The normalized spacial score (nSPS) is 16.8. The number of benzene rings is 1. The van der Waals surface area contributed by atoms with Crippen LogP contribution in [0.15, 0.2) is 24.3 Å². The first-order chi connectivity index (χ1) is 9.29. The molecule has 1 saturated heterocycles. The van der Waals surface area contributed by atoms with E-state index in [-0.39, 0.29) is 5.82 Å². The number of halogens is 1. The maximum Gasteiger partial charge on any atom is 0.123 e. The fraction of sp³-hybridized carbons (Fsp3) is 0.625. The summed E-state index contributed by atoms with van der Waals surface area (Å²) in [5.41, 5.74) is 1.15. The van der Waals surface area contributed by atoms with Crippen LogP contribution >= 0.6 is 0 Å². The van der Waals surface area contributed by atoms with E-state index in [4.69, 9.17) is 0 Å². The van der Waals surface area contributed by atoms with Crippen LogP contribution in [0.4, 0.5) is 10.1 Å². The molecule has 0 N–H and O–H groups in total. The maximum absolute atomic E-state index is 12.9. The molecule has 3 heteroatoms. The van der Waals surface area contributed by atoms with Crippen LogP contribution in [0.25, 0.3) is 0 Å². The monoisotopic (exact) mass is 264 g/mol. The maximum atomic E-state index is 12.9. The summed E-state index contributed by atoms with van der Waals surface area (Å²) in [6.07, 6.45) is 5.34. The minimum Gasteiger partial charge on any atom is -0.369 e. The second-order valence-electron chi connectivity index (χ2n) is 5.37. The van der Waals surface area contributed by atoms with Crippen molar-refractivity contribution in [3.05, 3.63) is 30.1 Å². The van der Waals surface area contributed by atoms with Crippen molar-refractivity contribution in [3.8, 4) is 0 Å². The fourth-order valence-electron chi connectivity index (χ4n) is 2.64. The van der Waals surface area contributed by atoms with Crippen LogP contribution in [0.3, 0.4) is 0 Å². The number of hydrogen-bond donors (Lipinski definition) is 0. The minimum absolute atomic E-state index is 0.154. The van der Waals surface area contributed by atoms with Gasteiger partial charge in [0.05, 0.1) is 0 Å². The summed E-state index contributed by atoms with van der Waals surface area (Å²) in [5.74, 6) is -0.154. The van der Waals surface area contributed by atoms with Gasteiger partial charge in [0.2, 0.25) is 0 Å². The van der Waals surface area contributed by atoms with Gasteiger partial charge >= 0.3 is 0 Å². The molecule has 1 aliphatic rings. The summed E-state index contributed by atoms with van der Waals surface area (Å²) < 4.78 is 12.9. The molecule has 1 aromatic rings. The van der Waals surface area contributed by atoms with Gasteiger partial charge in [0.15, 0.2) is 0 Å². The van der Waals surface area contributed by atoms with Gasteiger partial charge in [0, 0.05) is 31.9 Å². The topological polar surface area (TPSA) is 6.48 Å². The smallest absolute Gasteiger partial charge is 0.123 e. The lowest BCUT2D eigenvalue weighted by molar-refractivity contribution is 0.252. The van der Waals surface area contributed by atoms with E-state index in [1.807, 2.05) is 12.1 Å². The average molecular weight is 264 g/mol. The summed E-state index contributed by atoms with van der Waals surface area (Å²) in [4.78, 5) is 4.90. The summed E-state index contributed by atoms with van der Waals surface area (Å²) in [6.45, 7) is 7.85. The van der Waals surface area contributed by atoms with E-state index in [1.54, 1.807) is 12.1 Å². The lowest BCUT2D eigenvalue weighted by Crippen LogP contribution is -2.46. The minimum atomic E-state index is -0.154. The van der Waals surface area contributed by atoms with Crippen LogP contribution in [0.2, 0.25) is 0 Å². The highest BCUT2D eigenvalue weighted by molar-refractivity contribution is 5.46. The molecule has 0 bridgehead atoms. The van der Waals surface area contributed by atoms with Crippen molar-refractivity contribution in [3.63, 3.8) is 0 Å². The Balaban J connectivity index is 1.71. The van der Waals surface area contributed by atoms with Crippen molar-refractivity contribution in [1.82, 2.24) is 4.90 Å². The van der Waals surface area contributed by atoms with Crippen LogP contribution in [0.1, 0.15) is 32.6 Å². The molecule has 2 rings (SSSR count). The third kappa shape index (κ3) is 4.50. The van der Waals surface area contributed by atoms with Crippen LogP contribution in [0, 0.1) is 5.82 Å². The number of piperazine rings is 1. The molecule has 106 valence electrons. The molecule has 0 atom stereocenters. The summed E-state index contributed by atoms with van der Waals surface area (Å²) in [7, 11) is 0. The molecule has 0 spiro atoms. The van der Waals surface area contributed by atoms with Crippen LogP contribution in [-0.4, -0.2) is 37.6 Å². The Morgan fingerprint density at radius 3 is 2.26 bits per heavy atom. The molecule has 1 aliphatic heterocycles. The number of rotatable bonds is 6. The number of nitrogens with zero attached hydrogens (tertiary/aromatic N) is 2. The molecule has 0 amide bonds. The van der Waals surface area contributed by atoms with Crippen molar-refractivity contribution < 1.29 is 4.39 Å². The zero-order valence-electron chi connectivity index (χ0n) is 11.9. The zero-order valence-corrected chi connectivity index (χ0v) is 11.9. The third-order valence-electron chi connectivity index (χ3n) is 3.89. The molecule has 0 aromatic heterocycles. The van der Waals surface area contributed by atoms with Crippen molar-refractivity contribution in [2.24, 2.45) is 0 Å². The molecule has 19 heavy (non-hydrogen) atoms. The predicted molar refractivity (Wildman–Crippen MR) is 79.2 cm³/mol. The van der Waals surface area contributed by atoms with Crippen molar-refractivity contribution in [1.29, 1.82) is 0 Å². The first-order valence-electron chi connectivity index (χ1n) is 7.52. The van der Waals surface area contributed by atoms with E-state index in [9.17, 15) is 4.39 Å². The molecular weight excluding hydrogens is 239 g/mol. The van der Waals surface area contributed by atoms with E-state index in [2.05, 4.69) is 16.7 Å². The van der Waals surface area contributed by atoms with E-state index in [0.29, 0.717) is 0 Å². The summed E-state index contributed by atoms with van der Waals surface area (Å²) in [6, 6.07) is 6.86. The number of hydrogen-bond acceptors (Lipinski definition) is 2. The van der Waals surface area contributed by atoms with Crippen LogP contribution in [0.5, 0.6) is 0 Å². The Hall–Kier alpha value is -1.09. The molecule has 0 aliphatic carbocycles. The molecule has 2 nitrogen and oxygen atoms in total. The Kier molecular flexibility index (Phi) is 5.64. The molecular formula is C16H25FN2. The van der Waals surface area contributed by atoms with Crippen LogP contribution in [-0.2, 0) is 0 Å². The number of anilines is 1. The Labute approximate surface area is 116 Å². The molecule has 0 unspecified atom stereocenters. The van der Waals surface area contributed by atoms with Gasteiger partial charge in [-0.1, -0.05) is 26.2 Å². The van der Waals surface area contributed by atoms with Gasteiger partial charge in [-0.25, -0.2) is 4.39 Å². The van der Waals surface area contributed by atoms with Gasteiger partial charge < -0.3 is 4.90 Å². The molecule has 1 heterocycles. The second kappa shape index (κ2) is 7.49. The van der Waals surface area contributed by atoms with Gasteiger partial charge in [-0.3, -0.25) is 4.90 Å². The van der Waals surface area contributed by atoms with Gasteiger partial charge in [0.25, 0.3) is 0 Å². The van der Waals surface area contributed by atoms with E-state index < -0.39 is 0 Å². The molecule has 1 aromatic carbocycles. The second-order valence-corrected chi connectivity index (χ2v) is 5.37. The fourth-order valence-corrected chi connectivity index (χ4v) is 2.64. The molecule has 0 radical (unpaired) electrons. The van der Waals surface area contributed by atoms with E-state index >= 15 is 0 Å². The van der Waals surface area contributed by atoms with Crippen molar-refractivity contribution >= 4 is 5.69 Å². The zero-order chi connectivity index (χ0) is 13.5. The predicted octanol–water partition coefficient (Wildman–Crippen LogP) is 3.53. The third-order valence-corrected chi connectivity index (χ3v) is 3.89. The lowest BCUT2D eigenvalue weighted by atomic mass is 10.2. The average Bonchev–Trinajstić information content (AvgIpc) is 2.45. The largest absolute Gasteiger partial charge is 0.369 e. The first kappa shape index (κ1) is 14.3. The Morgan fingerprint density at radius 1 is 0.947 bits per heavy atom. The number of unbranched alkanes of at least 4 members (excludes halogenated alkanes) is 3. The Morgan fingerprint density at radius 2 is 1.63 bits per heavy atom. The summed E-state index contributed by atoms with van der Waals surface area (Å²) >= 11 is 0. The van der Waals surface area contributed by atoms with Crippen LogP contribution < -0.4 is 4.90 Å². The Bertz CT molecular complexity index is 356. The lowest BCUT2D eigenvalue weighted by Gasteiger charge is -2.36. The molecule has 0 saturated carbocycles. The van der Waals surface area contributed by atoms with Gasteiger partial charge in [-0.2, -0.15) is 0 Å². The van der Waals surface area contributed by atoms with E-state index in [0.717, 1.165) is 31.9 Å². The SMILES string of the molecule is CCCCCCN1CCN(c2ccc(F)cc2)CC1. The summed E-state index contributed by atoms with van der Waals surface area (Å²) in [5, 5.41) is 0. The highest BCUT2D eigenvalue weighted by Crippen LogP contribution is 2.17. The quantitative estimate of drug-likeness (QED) is 0.725. The van der Waals surface area contributed by atoms with Crippen molar-refractivity contribution in [2.45, 2.75) is 32.6 Å². The van der Waals surface area contributed by atoms with Crippen molar-refractivity contribution in [2.75, 3.05) is 37.6 Å². The van der Waals surface area contributed by atoms with Gasteiger partial charge in [-0.15, -0.1) is 0 Å². The molecule has 1 fully saturated rings. The van der Waals surface area contributed by atoms with Gasteiger partial charge in [0.1, 0.15) is 5.82 Å². The van der Waals surface area contributed by atoms with E-state index in [1.165, 1.54) is 32.2 Å². The van der Waals surface area contributed by atoms with Gasteiger partial charge in [-0.05, 0) is 37.2 Å². The first-order valence-corrected chi connectivity index (χ1v) is 7.52. The standard InChI is InChI=1S/C16H25FN2/c1-2-3-4-5-10-18-11-13-19(14-12-18)16-8-6-15(17)7-9-16/h6-9H,2-5,10-14H2,1H3. The highest BCUT2D eigenvalue weighted by atomic mass is 19.1.